The fourth-order valence-electron chi connectivity index (χ4n) is 4.06. The molecule has 26 heavy (non-hydrogen) atoms. The lowest BCUT2D eigenvalue weighted by atomic mass is 9.79. The van der Waals surface area contributed by atoms with E-state index >= 15 is 0 Å². The second-order valence-corrected chi connectivity index (χ2v) is 7.42. The number of hydrogen-bond acceptors (Lipinski definition) is 5. The first-order valence-corrected chi connectivity index (χ1v) is 9.97. The van der Waals surface area contributed by atoms with E-state index in [1.165, 1.54) is 17.1 Å². The van der Waals surface area contributed by atoms with Crippen LogP contribution in [-0.2, 0) is 4.79 Å². The van der Waals surface area contributed by atoms with Crippen LogP contribution in [0, 0.1) is 5.92 Å². The van der Waals surface area contributed by atoms with Crippen molar-refractivity contribution in [1.29, 1.82) is 0 Å². The molecule has 0 fully saturated rings. The summed E-state index contributed by atoms with van der Waals surface area (Å²) >= 11 is 1.51. The van der Waals surface area contributed by atoms with Crippen molar-refractivity contribution < 1.29 is 4.79 Å². The number of carbonyl (C=O) groups excluding carboxylic acids is 1. The molecule has 1 aliphatic heterocycles. The zero-order valence-electron chi connectivity index (χ0n) is 14.3. The van der Waals surface area contributed by atoms with Crippen molar-refractivity contribution in [1.82, 2.24) is 14.8 Å². The summed E-state index contributed by atoms with van der Waals surface area (Å²) in [6.07, 6.45) is 5.47. The van der Waals surface area contributed by atoms with Crippen molar-refractivity contribution >= 4 is 34.3 Å². The molecule has 1 N–H and O–H groups in total. The van der Waals surface area contributed by atoms with E-state index in [9.17, 15) is 4.79 Å². The summed E-state index contributed by atoms with van der Waals surface area (Å²) in [7, 11) is 0. The molecule has 0 saturated carbocycles. The van der Waals surface area contributed by atoms with E-state index in [-0.39, 0.29) is 17.7 Å². The molecule has 5 rings (SSSR count). The van der Waals surface area contributed by atoms with Gasteiger partial charge in [0.05, 0.1) is 12.0 Å². The molecule has 2 aromatic carbocycles. The average Bonchev–Trinajstić information content (AvgIpc) is 3.09. The van der Waals surface area contributed by atoms with Gasteiger partial charge in [0.1, 0.15) is 5.78 Å². The van der Waals surface area contributed by atoms with Crippen LogP contribution in [0.15, 0.2) is 59.4 Å². The van der Waals surface area contributed by atoms with Crippen molar-refractivity contribution in [2.24, 2.45) is 5.92 Å². The van der Waals surface area contributed by atoms with E-state index in [4.69, 9.17) is 0 Å². The number of nitrogens with zero attached hydrogens (tertiary/aromatic N) is 3. The number of hydrogen-bond donors (Lipinski definition) is 1. The van der Waals surface area contributed by atoms with Gasteiger partial charge in [-0.05, 0) is 29.0 Å². The van der Waals surface area contributed by atoms with Crippen molar-refractivity contribution in [3.63, 3.8) is 0 Å². The number of rotatable bonds is 2. The highest BCUT2D eigenvalue weighted by molar-refractivity contribution is 7.98. The lowest BCUT2D eigenvalue weighted by Gasteiger charge is -2.36. The summed E-state index contributed by atoms with van der Waals surface area (Å²) in [5.41, 5.74) is 2.08. The highest BCUT2D eigenvalue weighted by Crippen LogP contribution is 2.43. The normalized spacial score (nSPS) is 21.7. The first kappa shape index (κ1) is 15.6. The Kier molecular flexibility index (Phi) is 3.60. The largest absolute Gasteiger partial charge is 0.328 e. The van der Waals surface area contributed by atoms with E-state index in [0.717, 1.165) is 23.1 Å². The SMILES string of the molecule is CSc1nc2n(n1)[C@H](c1cccc3ccccc13)[C@H]1C(=O)CCC=C1N2. The fourth-order valence-corrected chi connectivity index (χ4v) is 4.41. The zero-order valence-corrected chi connectivity index (χ0v) is 15.2. The number of Topliss-reactive ketones (excluding diaryl/α,β-unsaturated/α-hetero) is 1. The molecule has 0 bridgehead atoms. The summed E-state index contributed by atoms with van der Waals surface area (Å²) in [6.45, 7) is 0. The molecule has 2 atom stereocenters. The van der Waals surface area contributed by atoms with Gasteiger partial charge in [-0.3, -0.25) is 4.79 Å². The molecule has 0 unspecified atom stereocenters. The van der Waals surface area contributed by atoms with Crippen LogP contribution in [-0.4, -0.2) is 26.8 Å². The van der Waals surface area contributed by atoms with E-state index in [1.807, 2.05) is 23.1 Å². The minimum Gasteiger partial charge on any atom is -0.328 e. The van der Waals surface area contributed by atoms with Crippen LogP contribution in [0.4, 0.5) is 5.95 Å². The molecule has 130 valence electrons. The smallest absolute Gasteiger partial charge is 0.227 e. The Hall–Kier alpha value is -2.60. The van der Waals surface area contributed by atoms with Gasteiger partial charge in [0.25, 0.3) is 0 Å². The maximum atomic E-state index is 12.9. The Morgan fingerprint density at radius 2 is 2.04 bits per heavy atom. The first-order chi connectivity index (χ1) is 12.8. The molecule has 0 radical (unpaired) electrons. The van der Waals surface area contributed by atoms with Gasteiger partial charge in [0, 0.05) is 12.1 Å². The van der Waals surface area contributed by atoms with Gasteiger partial charge in [-0.25, -0.2) is 4.68 Å². The van der Waals surface area contributed by atoms with E-state index < -0.39 is 0 Å². The van der Waals surface area contributed by atoms with Crippen molar-refractivity contribution in [2.45, 2.75) is 24.0 Å². The topological polar surface area (TPSA) is 59.8 Å². The van der Waals surface area contributed by atoms with Gasteiger partial charge in [0.15, 0.2) is 0 Å². The number of carbonyl (C=O) groups is 1. The molecule has 3 aromatic rings. The van der Waals surface area contributed by atoms with Gasteiger partial charge in [-0.2, -0.15) is 4.98 Å². The van der Waals surface area contributed by atoms with Crippen molar-refractivity contribution in [3.05, 3.63) is 59.8 Å². The summed E-state index contributed by atoms with van der Waals surface area (Å²) < 4.78 is 1.90. The highest BCUT2D eigenvalue weighted by atomic mass is 32.2. The number of ketones is 1. The predicted octanol–water partition coefficient (Wildman–Crippen LogP) is 4.03. The van der Waals surface area contributed by atoms with Gasteiger partial charge in [-0.15, -0.1) is 5.10 Å². The number of allylic oxidation sites excluding steroid dienone is 2. The molecular weight excluding hydrogens is 344 g/mol. The Morgan fingerprint density at radius 3 is 2.92 bits per heavy atom. The standard InChI is InChI=1S/C20H18N4OS/c1-26-20-22-19-21-15-10-5-11-16(25)17(15)18(24(19)23-20)14-9-4-7-12-6-2-3-8-13(12)14/h2-4,6-10,17-18H,5,11H2,1H3,(H,21,22,23)/t17-,18-/m1/s1. The molecule has 1 aromatic heterocycles. The summed E-state index contributed by atoms with van der Waals surface area (Å²) in [5.74, 6) is 0.739. The fraction of sp³-hybridized carbons (Fsp3) is 0.250. The Labute approximate surface area is 155 Å². The third kappa shape index (κ3) is 2.29. The van der Waals surface area contributed by atoms with Crippen LogP contribution < -0.4 is 5.32 Å². The first-order valence-electron chi connectivity index (χ1n) is 8.74. The highest BCUT2D eigenvalue weighted by Gasteiger charge is 2.42. The van der Waals surface area contributed by atoms with Crippen LogP contribution in [0.5, 0.6) is 0 Å². The number of benzene rings is 2. The molecule has 1 aliphatic carbocycles. The number of fused-ring (bicyclic) bond motifs is 3. The van der Waals surface area contributed by atoms with Gasteiger partial charge >= 0.3 is 0 Å². The number of anilines is 1. The number of aromatic nitrogens is 3. The third-order valence-electron chi connectivity index (χ3n) is 5.21. The van der Waals surface area contributed by atoms with Crippen LogP contribution in [0.25, 0.3) is 10.8 Å². The third-order valence-corrected chi connectivity index (χ3v) is 5.75. The summed E-state index contributed by atoms with van der Waals surface area (Å²) in [4.78, 5) is 17.5. The summed E-state index contributed by atoms with van der Waals surface area (Å²) in [5, 5.41) is 11.1. The lowest BCUT2D eigenvalue weighted by Crippen LogP contribution is -2.38. The van der Waals surface area contributed by atoms with Crippen LogP contribution >= 0.6 is 11.8 Å². The molecule has 0 spiro atoms. The molecule has 2 aliphatic rings. The van der Waals surface area contributed by atoms with Crippen molar-refractivity contribution in [3.8, 4) is 0 Å². The predicted molar refractivity (Wildman–Crippen MR) is 103 cm³/mol. The average molecular weight is 362 g/mol. The maximum Gasteiger partial charge on any atom is 0.227 e. The molecule has 2 heterocycles. The monoisotopic (exact) mass is 362 g/mol. The van der Waals surface area contributed by atoms with Crippen LogP contribution in [0.3, 0.4) is 0 Å². The van der Waals surface area contributed by atoms with E-state index in [2.05, 4.69) is 51.8 Å². The summed E-state index contributed by atoms with van der Waals surface area (Å²) in [6, 6.07) is 14.4. The molecule has 5 nitrogen and oxygen atoms in total. The minimum absolute atomic E-state index is 0.176. The van der Waals surface area contributed by atoms with Gasteiger partial charge in [-0.1, -0.05) is 60.3 Å². The molecule has 0 amide bonds. The molecular formula is C20H18N4OS. The number of nitrogens with one attached hydrogen (secondary N) is 1. The van der Waals surface area contributed by atoms with E-state index in [0.29, 0.717) is 17.5 Å². The molecule has 0 saturated heterocycles. The van der Waals surface area contributed by atoms with E-state index in [1.54, 1.807) is 0 Å². The quantitative estimate of drug-likeness (QED) is 0.698. The molecule has 6 heteroatoms. The second kappa shape index (κ2) is 5.99. The van der Waals surface area contributed by atoms with Crippen molar-refractivity contribution in [2.75, 3.05) is 11.6 Å². The van der Waals surface area contributed by atoms with Gasteiger partial charge < -0.3 is 5.32 Å². The Morgan fingerprint density at radius 1 is 1.19 bits per heavy atom. The zero-order chi connectivity index (χ0) is 17.7. The Balaban J connectivity index is 1.79. The second-order valence-electron chi connectivity index (χ2n) is 6.65. The maximum absolute atomic E-state index is 12.9. The lowest BCUT2D eigenvalue weighted by molar-refractivity contribution is -0.123. The van der Waals surface area contributed by atoms with Crippen LogP contribution in [0.1, 0.15) is 24.4 Å². The minimum atomic E-state index is -0.238. The van der Waals surface area contributed by atoms with Crippen LogP contribution in [0.2, 0.25) is 0 Å². The van der Waals surface area contributed by atoms with Gasteiger partial charge in [0.2, 0.25) is 11.1 Å². The Bertz CT molecular complexity index is 1050. The number of thioether (sulfide) groups is 1.